The van der Waals surface area contributed by atoms with Gasteiger partial charge in [0.2, 0.25) is 8.32 Å². The van der Waals surface area contributed by atoms with E-state index in [2.05, 4.69) is 19.6 Å². The van der Waals surface area contributed by atoms with Gasteiger partial charge in [0.1, 0.15) is 11.6 Å². The standard InChI is InChI=1S/C10H16FNOSi/c1-14(2,3)13-9-5-4-8(7-12)10(11)6-9/h4-6H,7,12H2,1-3H3. The lowest BCUT2D eigenvalue weighted by molar-refractivity contribution is 0.541. The zero-order chi connectivity index (χ0) is 10.8. The summed E-state index contributed by atoms with van der Waals surface area (Å²) in [5.41, 5.74) is 5.88. The summed E-state index contributed by atoms with van der Waals surface area (Å²) < 4.78 is 18.9. The monoisotopic (exact) mass is 213 g/mol. The Morgan fingerprint density at radius 3 is 2.43 bits per heavy atom. The molecule has 1 rings (SSSR count). The van der Waals surface area contributed by atoms with Gasteiger partial charge in [0, 0.05) is 18.2 Å². The molecule has 0 radical (unpaired) electrons. The van der Waals surface area contributed by atoms with Crippen LogP contribution in [0.15, 0.2) is 18.2 Å². The van der Waals surface area contributed by atoms with E-state index in [1.807, 2.05) is 0 Å². The zero-order valence-electron chi connectivity index (χ0n) is 8.80. The molecule has 0 bridgehead atoms. The molecule has 0 aliphatic rings. The van der Waals surface area contributed by atoms with Crippen molar-refractivity contribution in [1.29, 1.82) is 0 Å². The van der Waals surface area contributed by atoms with Gasteiger partial charge < -0.3 is 10.2 Å². The Morgan fingerprint density at radius 1 is 1.36 bits per heavy atom. The minimum atomic E-state index is -1.65. The molecule has 0 unspecified atom stereocenters. The van der Waals surface area contributed by atoms with Gasteiger partial charge in [-0.15, -0.1) is 0 Å². The summed E-state index contributed by atoms with van der Waals surface area (Å²) in [7, 11) is -1.65. The minimum Gasteiger partial charge on any atom is -0.544 e. The molecule has 0 spiro atoms. The average molecular weight is 213 g/mol. The first-order valence-electron chi connectivity index (χ1n) is 4.60. The van der Waals surface area contributed by atoms with Gasteiger partial charge >= 0.3 is 0 Å². The maximum atomic E-state index is 13.3. The SMILES string of the molecule is C[Si](C)(C)Oc1ccc(CN)c(F)c1. The van der Waals surface area contributed by atoms with Crippen LogP contribution in [0.5, 0.6) is 5.75 Å². The molecule has 1 aromatic rings. The van der Waals surface area contributed by atoms with Crippen molar-refractivity contribution in [3.05, 3.63) is 29.6 Å². The fourth-order valence-electron chi connectivity index (χ4n) is 1.11. The lowest BCUT2D eigenvalue weighted by Crippen LogP contribution is -2.29. The van der Waals surface area contributed by atoms with Gasteiger partial charge in [-0.3, -0.25) is 0 Å². The minimum absolute atomic E-state index is 0.221. The first-order chi connectivity index (χ1) is 6.42. The Kier molecular flexibility index (Phi) is 3.28. The highest BCUT2D eigenvalue weighted by Crippen LogP contribution is 2.19. The Hall–Kier alpha value is -0.873. The van der Waals surface area contributed by atoms with Crippen molar-refractivity contribution in [1.82, 2.24) is 0 Å². The van der Waals surface area contributed by atoms with Crippen molar-refractivity contribution in [2.45, 2.75) is 26.2 Å². The molecule has 0 fully saturated rings. The van der Waals surface area contributed by atoms with Crippen molar-refractivity contribution in [3.63, 3.8) is 0 Å². The van der Waals surface area contributed by atoms with Crippen LogP contribution in [0.2, 0.25) is 19.6 Å². The largest absolute Gasteiger partial charge is 0.544 e. The van der Waals surface area contributed by atoms with Crippen LogP contribution in [0.1, 0.15) is 5.56 Å². The highest BCUT2D eigenvalue weighted by Gasteiger charge is 2.16. The molecule has 2 nitrogen and oxygen atoms in total. The molecule has 0 saturated carbocycles. The van der Waals surface area contributed by atoms with Gasteiger partial charge in [0.05, 0.1) is 0 Å². The van der Waals surface area contributed by atoms with Crippen LogP contribution in [0, 0.1) is 5.82 Å². The molecule has 0 amide bonds. The van der Waals surface area contributed by atoms with E-state index in [4.69, 9.17) is 10.2 Å². The number of halogens is 1. The van der Waals surface area contributed by atoms with Gasteiger partial charge in [0.15, 0.2) is 0 Å². The predicted molar refractivity (Wildman–Crippen MR) is 58.3 cm³/mol. The number of benzene rings is 1. The van der Waals surface area contributed by atoms with Crippen molar-refractivity contribution in [3.8, 4) is 5.75 Å². The van der Waals surface area contributed by atoms with E-state index >= 15 is 0 Å². The first-order valence-corrected chi connectivity index (χ1v) is 8.01. The molecule has 4 heteroatoms. The second-order valence-corrected chi connectivity index (χ2v) is 8.60. The predicted octanol–water partition coefficient (Wildman–Crippen LogP) is 2.50. The Labute approximate surface area is 85.0 Å². The van der Waals surface area contributed by atoms with Crippen LogP contribution in [0.3, 0.4) is 0 Å². The average Bonchev–Trinajstić information content (AvgIpc) is 2.01. The quantitative estimate of drug-likeness (QED) is 0.783. The van der Waals surface area contributed by atoms with E-state index in [0.29, 0.717) is 11.3 Å². The normalized spacial score (nSPS) is 11.5. The second-order valence-electron chi connectivity index (χ2n) is 4.17. The van der Waals surface area contributed by atoms with Crippen LogP contribution in [-0.2, 0) is 6.54 Å². The van der Waals surface area contributed by atoms with Crippen LogP contribution >= 0.6 is 0 Å². The number of rotatable bonds is 3. The lowest BCUT2D eigenvalue weighted by Gasteiger charge is -2.19. The fourth-order valence-corrected chi connectivity index (χ4v) is 1.94. The van der Waals surface area contributed by atoms with Gasteiger partial charge in [0.25, 0.3) is 0 Å². The van der Waals surface area contributed by atoms with E-state index in [1.165, 1.54) is 6.07 Å². The third-order valence-electron chi connectivity index (χ3n) is 1.67. The molecule has 0 aromatic heterocycles. The molecule has 2 N–H and O–H groups in total. The molecule has 0 heterocycles. The van der Waals surface area contributed by atoms with Crippen LogP contribution in [0.4, 0.5) is 4.39 Å². The third kappa shape index (κ3) is 3.12. The van der Waals surface area contributed by atoms with Gasteiger partial charge in [-0.1, -0.05) is 6.07 Å². The van der Waals surface area contributed by atoms with Gasteiger partial charge in [-0.2, -0.15) is 0 Å². The molecule has 0 saturated heterocycles. The van der Waals surface area contributed by atoms with Crippen LogP contribution in [0.25, 0.3) is 0 Å². The van der Waals surface area contributed by atoms with Crippen LogP contribution in [-0.4, -0.2) is 8.32 Å². The number of hydrogen-bond acceptors (Lipinski definition) is 2. The maximum absolute atomic E-state index is 13.3. The molecule has 78 valence electrons. The summed E-state index contributed by atoms with van der Waals surface area (Å²) in [6.07, 6.45) is 0. The van der Waals surface area contributed by atoms with Gasteiger partial charge in [-0.25, -0.2) is 4.39 Å². The molecule has 0 aliphatic carbocycles. The molecular formula is C10H16FNOSi. The topological polar surface area (TPSA) is 35.2 Å². The summed E-state index contributed by atoms with van der Waals surface area (Å²) in [6.45, 7) is 6.39. The van der Waals surface area contributed by atoms with Crippen molar-refractivity contribution < 1.29 is 8.82 Å². The van der Waals surface area contributed by atoms with Crippen LogP contribution < -0.4 is 10.2 Å². The molecule has 14 heavy (non-hydrogen) atoms. The Morgan fingerprint density at radius 2 is 2.00 bits per heavy atom. The molecule has 0 atom stereocenters. The Balaban J connectivity index is 2.87. The molecule has 1 aromatic carbocycles. The van der Waals surface area contributed by atoms with E-state index in [1.54, 1.807) is 12.1 Å². The zero-order valence-corrected chi connectivity index (χ0v) is 9.80. The summed E-state index contributed by atoms with van der Waals surface area (Å²) >= 11 is 0. The fraction of sp³-hybridized carbons (Fsp3) is 0.400. The molecular weight excluding hydrogens is 197 g/mol. The molecule has 0 aliphatic heterocycles. The van der Waals surface area contributed by atoms with E-state index in [-0.39, 0.29) is 12.4 Å². The maximum Gasteiger partial charge on any atom is 0.242 e. The first kappa shape index (κ1) is 11.2. The summed E-state index contributed by atoms with van der Waals surface area (Å²) in [5, 5.41) is 0. The second kappa shape index (κ2) is 4.10. The number of hydrogen-bond donors (Lipinski definition) is 1. The summed E-state index contributed by atoms with van der Waals surface area (Å²) in [5.74, 6) is 0.308. The smallest absolute Gasteiger partial charge is 0.242 e. The lowest BCUT2D eigenvalue weighted by atomic mass is 10.2. The van der Waals surface area contributed by atoms with Gasteiger partial charge in [-0.05, 0) is 25.7 Å². The van der Waals surface area contributed by atoms with Crippen molar-refractivity contribution in [2.75, 3.05) is 0 Å². The van der Waals surface area contributed by atoms with E-state index < -0.39 is 8.32 Å². The Bertz CT molecular complexity index is 322. The number of nitrogens with two attached hydrogens (primary N) is 1. The van der Waals surface area contributed by atoms with Crippen molar-refractivity contribution >= 4 is 8.32 Å². The summed E-state index contributed by atoms with van der Waals surface area (Å²) in [4.78, 5) is 0. The third-order valence-corrected chi connectivity index (χ3v) is 2.52. The highest BCUT2D eigenvalue weighted by molar-refractivity contribution is 6.70. The highest BCUT2D eigenvalue weighted by atomic mass is 28.4. The van der Waals surface area contributed by atoms with Crippen molar-refractivity contribution in [2.24, 2.45) is 5.73 Å². The summed E-state index contributed by atoms with van der Waals surface area (Å²) in [6, 6.07) is 4.84. The van der Waals surface area contributed by atoms with E-state index in [9.17, 15) is 4.39 Å². The van der Waals surface area contributed by atoms with E-state index in [0.717, 1.165) is 0 Å².